The Morgan fingerprint density at radius 2 is 1.73 bits per heavy atom. The predicted octanol–water partition coefficient (Wildman–Crippen LogP) is 4.66. The highest BCUT2D eigenvalue weighted by molar-refractivity contribution is 5.93. The van der Waals surface area contributed by atoms with Gasteiger partial charge in [0.25, 0.3) is 0 Å². The van der Waals surface area contributed by atoms with Crippen LogP contribution in [-0.2, 0) is 6.18 Å². The summed E-state index contributed by atoms with van der Waals surface area (Å²) < 4.78 is 53.3. The standard InChI is InChI=1S/C18H10F4N2O2/c19-13-9-11-8-12(17(25)26)15(18(20,21)22)24-16(11)23-14(13)7-6-10-4-2-1-3-5-10/h1-9H,(H,25,26)/b7-6+. The molecule has 4 nitrogen and oxygen atoms in total. The van der Waals surface area contributed by atoms with Gasteiger partial charge < -0.3 is 5.11 Å². The summed E-state index contributed by atoms with van der Waals surface area (Å²) in [5.74, 6) is -2.61. The molecule has 0 saturated carbocycles. The lowest BCUT2D eigenvalue weighted by Gasteiger charge is -2.10. The molecule has 0 fully saturated rings. The highest BCUT2D eigenvalue weighted by Gasteiger charge is 2.38. The Bertz CT molecular complexity index is 1020. The zero-order valence-corrected chi connectivity index (χ0v) is 13.0. The van der Waals surface area contributed by atoms with Crippen LogP contribution in [0, 0.1) is 5.82 Å². The second-order valence-corrected chi connectivity index (χ2v) is 5.33. The quantitative estimate of drug-likeness (QED) is 0.689. The molecule has 1 N–H and O–H groups in total. The molecule has 0 saturated heterocycles. The van der Waals surface area contributed by atoms with E-state index in [0.717, 1.165) is 11.6 Å². The van der Waals surface area contributed by atoms with Gasteiger partial charge in [0.2, 0.25) is 0 Å². The molecule has 0 aliphatic heterocycles. The molecule has 3 aromatic rings. The number of alkyl halides is 3. The van der Waals surface area contributed by atoms with E-state index in [9.17, 15) is 22.4 Å². The van der Waals surface area contributed by atoms with Gasteiger partial charge in [-0.1, -0.05) is 36.4 Å². The maximum absolute atomic E-state index is 14.2. The highest BCUT2D eigenvalue weighted by atomic mass is 19.4. The number of rotatable bonds is 3. The number of aromatic carboxylic acids is 1. The Balaban J connectivity index is 2.14. The number of pyridine rings is 2. The molecule has 26 heavy (non-hydrogen) atoms. The first-order chi connectivity index (χ1) is 12.3. The molecule has 0 aliphatic rings. The van der Waals surface area contributed by atoms with Crippen LogP contribution in [0.5, 0.6) is 0 Å². The summed E-state index contributed by atoms with van der Waals surface area (Å²) in [6.45, 7) is 0. The molecular weight excluding hydrogens is 352 g/mol. The van der Waals surface area contributed by atoms with Gasteiger partial charge in [-0.25, -0.2) is 19.2 Å². The second kappa shape index (κ2) is 6.55. The van der Waals surface area contributed by atoms with E-state index in [0.29, 0.717) is 6.07 Å². The fourth-order valence-corrected chi connectivity index (χ4v) is 2.33. The van der Waals surface area contributed by atoms with Crippen LogP contribution in [0.15, 0.2) is 42.5 Å². The molecular formula is C18H10F4N2O2. The summed E-state index contributed by atoms with van der Waals surface area (Å²) in [5, 5.41) is 8.82. The summed E-state index contributed by atoms with van der Waals surface area (Å²) in [6.07, 6.45) is -2.12. The number of aromatic nitrogens is 2. The molecule has 0 bridgehead atoms. The number of benzene rings is 1. The lowest BCUT2D eigenvalue weighted by atomic mass is 10.1. The summed E-state index contributed by atoms with van der Waals surface area (Å²) in [7, 11) is 0. The minimum atomic E-state index is -4.97. The van der Waals surface area contributed by atoms with Gasteiger partial charge in [-0.15, -0.1) is 0 Å². The normalized spacial score (nSPS) is 12.0. The Morgan fingerprint density at radius 3 is 2.35 bits per heavy atom. The topological polar surface area (TPSA) is 63.1 Å². The number of carboxylic acids is 1. The Kier molecular flexibility index (Phi) is 4.41. The molecule has 3 rings (SSSR count). The molecule has 1 aromatic carbocycles. The second-order valence-electron chi connectivity index (χ2n) is 5.33. The van der Waals surface area contributed by atoms with Crippen molar-refractivity contribution in [1.29, 1.82) is 0 Å². The van der Waals surface area contributed by atoms with E-state index in [-0.39, 0.29) is 11.1 Å². The maximum Gasteiger partial charge on any atom is 0.434 e. The Labute approximate surface area is 144 Å². The van der Waals surface area contributed by atoms with Crippen molar-refractivity contribution >= 4 is 29.2 Å². The minimum Gasteiger partial charge on any atom is -0.478 e. The van der Waals surface area contributed by atoms with Gasteiger partial charge in [0.15, 0.2) is 11.3 Å². The summed E-state index contributed by atoms with van der Waals surface area (Å²) in [6, 6.07) is 10.5. The van der Waals surface area contributed by atoms with Crippen molar-refractivity contribution in [3.05, 3.63) is 70.8 Å². The Morgan fingerprint density at radius 1 is 1.04 bits per heavy atom. The number of hydrogen-bond donors (Lipinski definition) is 1. The molecule has 0 radical (unpaired) electrons. The van der Waals surface area contributed by atoms with Crippen molar-refractivity contribution in [2.45, 2.75) is 6.18 Å². The lowest BCUT2D eigenvalue weighted by molar-refractivity contribution is -0.141. The smallest absolute Gasteiger partial charge is 0.434 e. The van der Waals surface area contributed by atoms with Gasteiger partial charge in [-0.3, -0.25) is 0 Å². The highest BCUT2D eigenvalue weighted by Crippen LogP contribution is 2.32. The van der Waals surface area contributed by atoms with Crippen LogP contribution in [0.3, 0.4) is 0 Å². The minimum absolute atomic E-state index is 0.134. The van der Waals surface area contributed by atoms with Gasteiger partial charge in [0.05, 0.1) is 5.56 Å². The molecule has 0 atom stereocenters. The fourth-order valence-electron chi connectivity index (χ4n) is 2.33. The first-order valence-corrected chi connectivity index (χ1v) is 7.30. The predicted molar refractivity (Wildman–Crippen MR) is 86.8 cm³/mol. The SMILES string of the molecule is O=C(O)c1cc2cc(F)c(/C=C/c3ccccc3)nc2nc1C(F)(F)F. The van der Waals surface area contributed by atoms with Crippen LogP contribution in [0.4, 0.5) is 17.6 Å². The van der Waals surface area contributed by atoms with E-state index >= 15 is 0 Å². The molecule has 132 valence electrons. The Hall–Kier alpha value is -3.29. The number of fused-ring (bicyclic) bond motifs is 1. The van der Waals surface area contributed by atoms with Gasteiger partial charge >= 0.3 is 12.1 Å². The van der Waals surface area contributed by atoms with Crippen LogP contribution in [0.2, 0.25) is 0 Å². The van der Waals surface area contributed by atoms with Crippen LogP contribution in [-0.4, -0.2) is 21.0 Å². The number of carbonyl (C=O) groups is 1. The van der Waals surface area contributed by atoms with E-state index in [2.05, 4.69) is 9.97 Å². The molecule has 0 spiro atoms. The van der Waals surface area contributed by atoms with E-state index in [1.165, 1.54) is 6.08 Å². The number of nitrogens with zero attached hydrogens (tertiary/aromatic N) is 2. The van der Waals surface area contributed by atoms with E-state index in [4.69, 9.17) is 5.11 Å². The third-order valence-electron chi connectivity index (χ3n) is 3.52. The third-order valence-corrected chi connectivity index (χ3v) is 3.52. The first-order valence-electron chi connectivity index (χ1n) is 7.30. The monoisotopic (exact) mass is 362 g/mol. The van der Waals surface area contributed by atoms with E-state index < -0.39 is 34.9 Å². The molecule has 0 aliphatic carbocycles. The number of halogens is 4. The number of hydrogen-bond acceptors (Lipinski definition) is 3. The molecule has 0 unspecified atom stereocenters. The van der Waals surface area contributed by atoms with Crippen molar-refractivity contribution < 1.29 is 27.5 Å². The summed E-state index contributed by atoms with van der Waals surface area (Å²) in [5.41, 5.74) is -2.48. The summed E-state index contributed by atoms with van der Waals surface area (Å²) >= 11 is 0. The molecule has 2 heterocycles. The average molecular weight is 362 g/mol. The van der Waals surface area contributed by atoms with Crippen molar-refractivity contribution in [3.8, 4) is 0 Å². The van der Waals surface area contributed by atoms with Gasteiger partial charge in [-0.05, 0) is 23.8 Å². The van der Waals surface area contributed by atoms with Gasteiger partial charge in [0.1, 0.15) is 11.5 Å². The third kappa shape index (κ3) is 3.53. The van der Waals surface area contributed by atoms with Crippen LogP contribution >= 0.6 is 0 Å². The van der Waals surface area contributed by atoms with Crippen molar-refractivity contribution in [1.82, 2.24) is 9.97 Å². The van der Waals surface area contributed by atoms with Crippen molar-refractivity contribution in [2.24, 2.45) is 0 Å². The summed E-state index contributed by atoms with van der Waals surface area (Å²) in [4.78, 5) is 18.2. The molecule has 0 amide bonds. The molecule has 2 aromatic heterocycles. The largest absolute Gasteiger partial charge is 0.478 e. The van der Waals surface area contributed by atoms with Gasteiger partial charge in [-0.2, -0.15) is 13.2 Å². The molecule has 8 heteroatoms. The lowest BCUT2D eigenvalue weighted by Crippen LogP contribution is -2.16. The van der Waals surface area contributed by atoms with Crippen molar-refractivity contribution in [2.75, 3.05) is 0 Å². The fraction of sp³-hybridized carbons (Fsp3) is 0.0556. The zero-order valence-electron chi connectivity index (χ0n) is 13.0. The van der Waals surface area contributed by atoms with Gasteiger partial charge in [0, 0.05) is 5.39 Å². The van der Waals surface area contributed by atoms with E-state index in [1.54, 1.807) is 36.4 Å². The van der Waals surface area contributed by atoms with E-state index in [1.807, 2.05) is 0 Å². The van der Waals surface area contributed by atoms with Crippen molar-refractivity contribution in [3.63, 3.8) is 0 Å². The number of carboxylic acid groups (broad SMARTS) is 1. The van der Waals surface area contributed by atoms with Crippen LogP contribution in [0.25, 0.3) is 23.2 Å². The maximum atomic E-state index is 14.2. The van der Waals surface area contributed by atoms with Crippen LogP contribution in [0.1, 0.15) is 27.3 Å². The van der Waals surface area contributed by atoms with Crippen LogP contribution < -0.4 is 0 Å². The average Bonchev–Trinajstić information content (AvgIpc) is 2.59. The first kappa shape index (κ1) is 17.5. The zero-order chi connectivity index (χ0) is 18.9.